The molecular formula is C21H38O3Si2. The molecule has 5 heteroatoms. The summed E-state index contributed by atoms with van der Waals surface area (Å²) in [5.41, 5.74) is 2.75. The van der Waals surface area contributed by atoms with Crippen LogP contribution >= 0.6 is 0 Å². The fourth-order valence-corrected chi connectivity index (χ4v) is 3.91. The number of rotatable bonds is 7. The van der Waals surface area contributed by atoms with Crippen LogP contribution in [0.4, 0.5) is 0 Å². The molecule has 0 radical (unpaired) electrons. The molecule has 0 N–H and O–H groups in total. The minimum Gasteiger partial charge on any atom is -0.413 e. The molecule has 1 aromatic rings. The minimum atomic E-state index is -1.88. The Balaban J connectivity index is 3.07. The van der Waals surface area contributed by atoms with E-state index in [0.717, 1.165) is 17.4 Å². The maximum absolute atomic E-state index is 11.6. The van der Waals surface area contributed by atoms with E-state index in [4.69, 9.17) is 8.85 Å². The molecule has 148 valence electrons. The van der Waals surface area contributed by atoms with Crippen molar-refractivity contribution in [1.29, 1.82) is 0 Å². The van der Waals surface area contributed by atoms with Gasteiger partial charge in [0.25, 0.3) is 0 Å². The van der Waals surface area contributed by atoms with Gasteiger partial charge in [-0.05, 0) is 47.4 Å². The molecule has 0 amide bonds. The zero-order valence-electron chi connectivity index (χ0n) is 18.4. The molecule has 0 aromatic heterocycles. The Morgan fingerprint density at radius 3 is 1.73 bits per heavy atom. The maximum atomic E-state index is 11.6. The summed E-state index contributed by atoms with van der Waals surface area (Å²) >= 11 is 0. The van der Waals surface area contributed by atoms with Crippen LogP contribution in [0, 0.1) is 0 Å². The molecule has 0 aliphatic heterocycles. The van der Waals surface area contributed by atoms with Crippen molar-refractivity contribution in [2.75, 3.05) is 0 Å². The Morgan fingerprint density at radius 1 is 0.846 bits per heavy atom. The third kappa shape index (κ3) is 5.62. The Hall–Kier alpha value is -0.756. The van der Waals surface area contributed by atoms with Crippen LogP contribution in [0.2, 0.25) is 36.3 Å². The van der Waals surface area contributed by atoms with E-state index >= 15 is 0 Å². The Kier molecular flexibility index (Phi) is 7.24. The van der Waals surface area contributed by atoms with Crippen LogP contribution in [0.5, 0.6) is 0 Å². The van der Waals surface area contributed by atoms with Crippen molar-refractivity contribution in [2.24, 2.45) is 0 Å². The highest BCUT2D eigenvalue weighted by molar-refractivity contribution is 6.74. The van der Waals surface area contributed by atoms with Crippen molar-refractivity contribution >= 4 is 22.9 Å². The third-order valence-electron chi connectivity index (χ3n) is 6.21. The first-order chi connectivity index (χ1) is 11.6. The van der Waals surface area contributed by atoms with Crippen molar-refractivity contribution in [3.8, 4) is 0 Å². The second kappa shape index (κ2) is 8.09. The van der Waals surface area contributed by atoms with Crippen LogP contribution in [0.15, 0.2) is 18.2 Å². The second-order valence-corrected chi connectivity index (χ2v) is 19.8. The monoisotopic (exact) mass is 394 g/mol. The summed E-state index contributed by atoms with van der Waals surface area (Å²) in [6.07, 6.45) is 0.931. The molecule has 1 rings (SSSR count). The van der Waals surface area contributed by atoms with Crippen LogP contribution in [-0.4, -0.2) is 22.9 Å². The topological polar surface area (TPSA) is 35.5 Å². The summed E-state index contributed by atoms with van der Waals surface area (Å²) < 4.78 is 12.8. The molecule has 26 heavy (non-hydrogen) atoms. The minimum absolute atomic E-state index is 0.140. The summed E-state index contributed by atoms with van der Waals surface area (Å²) in [7, 11) is -3.73. The predicted octanol–water partition coefficient (Wildman–Crippen LogP) is 6.54. The number of benzene rings is 1. The van der Waals surface area contributed by atoms with Crippen molar-refractivity contribution in [1.82, 2.24) is 0 Å². The summed E-state index contributed by atoms with van der Waals surface area (Å²) in [5.74, 6) is 0. The Labute approximate surface area is 162 Å². The highest BCUT2D eigenvalue weighted by Gasteiger charge is 2.38. The van der Waals surface area contributed by atoms with E-state index in [0.29, 0.717) is 18.8 Å². The normalized spacial score (nSPS) is 13.8. The van der Waals surface area contributed by atoms with Gasteiger partial charge < -0.3 is 8.85 Å². The summed E-state index contributed by atoms with van der Waals surface area (Å²) in [6.45, 7) is 23.4. The highest BCUT2D eigenvalue weighted by Crippen LogP contribution is 2.39. The molecular weight excluding hydrogens is 356 g/mol. The molecule has 0 bridgehead atoms. The fraction of sp³-hybridized carbons (Fsp3) is 0.667. The van der Waals surface area contributed by atoms with E-state index in [2.05, 4.69) is 73.8 Å². The quantitative estimate of drug-likeness (QED) is 0.389. The number of carbonyl (C=O) groups excluding carboxylic acids is 1. The molecule has 0 heterocycles. The van der Waals surface area contributed by atoms with Gasteiger partial charge in [0.15, 0.2) is 16.6 Å². The molecule has 0 aliphatic carbocycles. The first-order valence-electron chi connectivity index (χ1n) is 9.46. The Bertz CT molecular complexity index is 623. The second-order valence-electron chi connectivity index (χ2n) is 10.2. The van der Waals surface area contributed by atoms with Crippen LogP contribution in [0.1, 0.15) is 63.0 Å². The van der Waals surface area contributed by atoms with E-state index in [1.54, 1.807) is 0 Å². The first-order valence-corrected chi connectivity index (χ1v) is 15.3. The van der Waals surface area contributed by atoms with Gasteiger partial charge in [-0.2, -0.15) is 0 Å². The highest BCUT2D eigenvalue weighted by atomic mass is 28.4. The zero-order valence-corrected chi connectivity index (χ0v) is 20.4. The smallest absolute Gasteiger partial charge is 0.192 e. The molecule has 0 atom stereocenters. The Morgan fingerprint density at radius 2 is 1.31 bits per heavy atom. The molecule has 0 saturated carbocycles. The van der Waals surface area contributed by atoms with E-state index in [1.165, 1.54) is 0 Å². The molecule has 0 saturated heterocycles. The predicted molar refractivity (Wildman–Crippen MR) is 116 cm³/mol. The van der Waals surface area contributed by atoms with Crippen molar-refractivity contribution in [3.05, 3.63) is 34.9 Å². The van der Waals surface area contributed by atoms with Crippen LogP contribution in [-0.2, 0) is 22.1 Å². The number of hydrogen-bond donors (Lipinski definition) is 0. The van der Waals surface area contributed by atoms with E-state index in [-0.39, 0.29) is 10.1 Å². The van der Waals surface area contributed by atoms with Crippen molar-refractivity contribution in [3.63, 3.8) is 0 Å². The number of aldehydes is 1. The van der Waals surface area contributed by atoms with E-state index < -0.39 is 16.6 Å². The average Bonchev–Trinajstić information content (AvgIpc) is 2.48. The lowest BCUT2D eigenvalue weighted by molar-refractivity contribution is 0.112. The molecule has 0 spiro atoms. The fourth-order valence-electron chi connectivity index (χ4n) is 2.02. The average molecular weight is 395 g/mol. The zero-order chi connectivity index (χ0) is 20.4. The van der Waals surface area contributed by atoms with Gasteiger partial charge in [0.05, 0.1) is 13.2 Å². The SMILES string of the molecule is CC(C)(C)[Si](C)(C)OCc1cccc(C=O)c1CO[Si](C)(C)C(C)(C)C. The summed E-state index contributed by atoms with van der Waals surface area (Å²) in [4.78, 5) is 11.6. The van der Waals surface area contributed by atoms with Gasteiger partial charge in [0.1, 0.15) is 6.29 Å². The molecule has 3 nitrogen and oxygen atoms in total. The van der Waals surface area contributed by atoms with E-state index in [9.17, 15) is 4.79 Å². The van der Waals surface area contributed by atoms with E-state index in [1.807, 2.05) is 12.1 Å². The van der Waals surface area contributed by atoms with Crippen molar-refractivity contribution in [2.45, 2.75) is 91.0 Å². The molecule has 0 fully saturated rings. The standard InChI is InChI=1S/C21H38O3Si2/c1-20(2,3)25(7,8)23-15-18-13-11-12-17(14-22)19(18)16-24-26(9,10)21(4,5)6/h11-14H,15-16H2,1-10H3. The maximum Gasteiger partial charge on any atom is 0.192 e. The lowest BCUT2D eigenvalue weighted by Gasteiger charge is -2.37. The van der Waals surface area contributed by atoms with Gasteiger partial charge in [-0.25, -0.2) is 0 Å². The van der Waals surface area contributed by atoms with Gasteiger partial charge in [-0.3, -0.25) is 4.79 Å². The third-order valence-corrected chi connectivity index (χ3v) is 15.2. The van der Waals surface area contributed by atoms with Gasteiger partial charge >= 0.3 is 0 Å². The summed E-state index contributed by atoms with van der Waals surface area (Å²) in [5, 5.41) is 0.300. The van der Waals surface area contributed by atoms with Crippen LogP contribution in [0.25, 0.3) is 0 Å². The first kappa shape index (κ1) is 23.3. The lowest BCUT2D eigenvalue weighted by atomic mass is 10.0. The molecule has 0 aliphatic rings. The molecule has 1 aromatic carbocycles. The van der Waals surface area contributed by atoms with Gasteiger partial charge in [-0.1, -0.05) is 59.7 Å². The molecule has 0 unspecified atom stereocenters. The van der Waals surface area contributed by atoms with Gasteiger partial charge in [0, 0.05) is 5.56 Å². The van der Waals surface area contributed by atoms with Crippen LogP contribution < -0.4 is 0 Å². The number of carbonyl (C=O) groups is 1. The van der Waals surface area contributed by atoms with Crippen LogP contribution in [0.3, 0.4) is 0 Å². The summed E-state index contributed by atoms with van der Waals surface area (Å²) in [6, 6.07) is 5.86. The largest absolute Gasteiger partial charge is 0.413 e. The van der Waals surface area contributed by atoms with Gasteiger partial charge in [-0.15, -0.1) is 0 Å². The van der Waals surface area contributed by atoms with Gasteiger partial charge in [0.2, 0.25) is 0 Å². The number of hydrogen-bond acceptors (Lipinski definition) is 3. The lowest BCUT2D eigenvalue weighted by Crippen LogP contribution is -2.41. The van der Waals surface area contributed by atoms with Crippen molar-refractivity contribution < 1.29 is 13.6 Å².